The molecule has 0 amide bonds. The van der Waals surface area contributed by atoms with Gasteiger partial charge in [-0.25, -0.2) is 0 Å². The van der Waals surface area contributed by atoms with Crippen molar-refractivity contribution in [3.63, 3.8) is 0 Å². The van der Waals surface area contributed by atoms with Gasteiger partial charge in [0.1, 0.15) is 0 Å². The van der Waals surface area contributed by atoms with E-state index in [4.69, 9.17) is 34.3 Å². The van der Waals surface area contributed by atoms with Gasteiger partial charge in [0.2, 0.25) is 0 Å². The predicted molar refractivity (Wildman–Crippen MR) is 77.2 cm³/mol. The Kier molecular flexibility index (Phi) is 4.76. The molecule has 90 valence electrons. The zero-order chi connectivity index (χ0) is 12.4. The molecule has 0 saturated carbocycles. The average molecular weight is 296 g/mol. The molecular weight excluding hydrogens is 279 g/mol. The molecule has 1 atom stereocenters. The maximum absolute atomic E-state index is 6.72. The van der Waals surface area contributed by atoms with Gasteiger partial charge in [-0.05, 0) is 17.5 Å². The number of hydrogen-bond donors (Lipinski definition) is 0. The Hall–Kier alpha value is 0.307. The molecule has 0 saturated heterocycles. The monoisotopic (exact) mass is 294 g/mol. The smallest absolute Gasteiger partial charge is 0.165 e. The standard InChI is InChI=1S/C12H17Cl3Si/c1-4-12(14,16(2,3)15)11-7-5-10(9-13)6-8-11/h5-8H,4,9H2,1-3H3. The van der Waals surface area contributed by atoms with Gasteiger partial charge >= 0.3 is 0 Å². The molecule has 0 aliphatic heterocycles. The lowest BCUT2D eigenvalue weighted by atomic mass is 10.1. The van der Waals surface area contributed by atoms with E-state index in [-0.39, 0.29) is 0 Å². The lowest BCUT2D eigenvalue weighted by molar-refractivity contribution is 0.775. The summed E-state index contributed by atoms with van der Waals surface area (Å²) in [7, 11) is -1.97. The van der Waals surface area contributed by atoms with Gasteiger partial charge in [-0.15, -0.1) is 23.2 Å². The molecule has 0 heterocycles. The van der Waals surface area contributed by atoms with Crippen LogP contribution in [0.5, 0.6) is 0 Å². The van der Waals surface area contributed by atoms with Gasteiger partial charge < -0.3 is 0 Å². The first-order valence-corrected chi connectivity index (χ1v) is 10.3. The molecule has 0 aliphatic carbocycles. The van der Waals surface area contributed by atoms with E-state index in [0.29, 0.717) is 5.88 Å². The second kappa shape index (κ2) is 5.30. The van der Waals surface area contributed by atoms with E-state index in [0.717, 1.165) is 17.5 Å². The highest BCUT2D eigenvalue weighted by molar-refractivity contribution is 7.22. The Bertz CT molecular complexity index is 342. The average Bonchev–Trinajstić information content (AvgIpc) is 2.26. The molecule has 1 unspecified atom stereocenters. The van der Waals surface area contributed by atoms with Crippen LogP contribution in [0.1, 0.15) is 24.5 Å². The molecule has 0 bridgehead atoms. The minimum atomic E-state index is -1.97. The van der Waals surface area contributed by atoms with Gasteiger partial charge in [0.15, 0.2) is 7.38 Å². The summed E-state index contributed by atoms with van der Waals surface area (Å²) in [4.78, 5) is 0. The van der Waals surface area contributed by atoms with Crippen LogP contribution in [0.15, 0.2) is 24.3 Å². The fraction of sp³-hybridized carbons (Fsp3) is 0.500. The minimum absolute atomic E-state index is 0.403. The van der Waals surface area contributed by atoms with Crippen LogP contribution in [0, 0.1) is 0 Å². The molecule has 4 heteroatoms. The van der Waals surface area contributed by atoms with Crippen molar-refractivity contribution in [3.05, 3.63) is 35.4 Å². The zero-order valence-electron chi connectivity index (χ0n) is 9.86. The molecule has 0 aromatic heterocycles. The van der Waals surface area contributed by atoms with Crippen LogP contribution in [0.4, 0.5) is 0 Å². The third kappa shape index (κ3) is 2.76. The second-order valence-corrected chi connectivity index (χ2v) is 12.3. The molecule has 0 N–H and O–H groups in total. The summed E-state index contributed by atoms with van der Waals surface area (Å²) in [5, 5.41) is 0. The number of alkyl halides is 2. The van der Waals surface area contributed by atoms with Crippen molar-refractivity contribution in [3.8, 4) is 0 Å². The van der Waals surface area contributed by atoms with Crippen molar-refractivity contribution in [2.24, 2.45) is 0 Å². The molecule has 0 radical (unpaired) electrons. The normalized spacial score (nSPS) is 15.9. The number of halogens is 3. The van der Waals surface area contributed by atoms with Gasteiger partial charge in [0.05, 0.1) is 4.50 Å². The van der Waals surface area contributed by atoms with E-state index >= 15 is 0 Å². The largest absolute Gasteiger partial charge is 0.176 e. The summed E-state index contributed by atoms with van der Waals surface area (Å²) in [6, 6.07) is 8.13. The maximum Gasteiger partial charge on any atom is 0.176 e. The van der Waals surface area contributed by atoms with Crippen LogP contribution in [-0.2, 0) is 10.4 Å². The Labute approximate surface area is 114 Å². The Balaban J connectivity index is 3.13. The third-order valence-electron chi connectivity index (χ3n) is 3.00. The van der Waals surface area contributed by atoms with E-state index in [2.05, 4.69) is 20.0 Å². The number of rotatable bonds is 4. The fourth-order valence-electron chi connectivity index (χ4n) is 1.83. The fourth-order valence-corrected chi connectivity index (χ4v) is 4.55. The van der Waals surface area contributed by atoms with Crippen molar-refractivity contribution >= 4 is 41.7 Å². The van der Waals surface area contributed by atoms with Crippen molar-refractivity contribution in [2.45, 2.75) is 36.8 Å². The molecule has 1 aromatic rings. The molecule has 0 spiro atoms. The first-order valence-electron chi connectivity index (χ1n) is 5.38. The van der Waals surface area contributed by atoms with Crippen molar-refractivity contribution in [2.75, 3.05) is 0 Å². The lowest BCUT2D eigenvalue weighted by Gasteiger charge is -2.35. The van der Waals surface area contributed by atoms with Crippen LogP contribution in [0.2, 0.25) is 13.1 Å². The zero-order valence-corrected chi connectivity index (χ0v) is 13.1. The van der Waals surface area contributed by atoms with Crippen LogP contribution >= 0.6 is 34.3 Å². The van der Waals surface area contributed by atoms with Gasteiger partial charge in [0.25, 0.3) is 0 Å². The first kappa shape index (κ1) is 14.4. The highest BCUT2D eigenvalue weighted by atomic mass is 35.6. The molecule has 1 rings (SSSR count). The van der Waals surface area contributed by atoms with Crippen molar-refractivity contribution in [1.29, 1.82) is 0 Å². The van der Waals surface area contributed by atoms with E-state index in [9.17, 15) is 0 Å². The van der Waals surface area contributed by atoms with Gasteiger partial charge in [-0.1, -0.05) is 44.3 Å². The SMILES string of the molecule is CCC(Cl)(c1ccc(CCl)cc1)[Si](C)(C)Cl. The van der Waals surface area contributed by atoms with Gasteiger partial charge in [0, 0.05) is 5.88 Å². The molecule has 0 nitrogen and oxygen atoms in total. The summed E-state index contributed by atoms with van der Waals surface area (Å²) < 4.78 is -0.403. The summed E-state index contributed by atoms with van der Waals surface area (Å²) >= 11 is 19.0. The van der Waals surface area contributed by atoms with Crippen LogP contribution in [0.25, 0.3) is 0 Å². The van der Waals surface area contributed by atoms with E-state index in [1.54, 1.807) is 0 Å². The molecular formula is C12H17Cl3Si. The maximum atomic E-state index is 6.72. The van der Waals surface area contributed by atoms with E-state index in [1.165, 1.54) is 0 Å². The van der Waals surface area contributed by atoms with Crippen LogP contribution in [-0.4, -0.2) is 7.38 Å². The predicted octanol–water partition coefficient (Wildman–Crippen LogP) is 5.25. The Morgan fingerprint density at radius 1 is 1.19 bits per heavy atom. The molecule has 1 aromatic carbocycles. The molecule has 0 fully saturated rings. The van der Waals surface area contributed by atoms with Crippen molar-refractivity contribution in [1.82, 2.24) is 0 Å². The summed E-state index contributed by atoms with van der Waals surface area (Å²) in [6.07, 6.45) is 0.845. The highest BCUT2D eigenvalue weighted by Gasteiger charge is 2.44. The number of benzene rings is 1. The Morgan fingerprint density at radius 2 is 1.69 bits per heavy atom. The summed E-state index contributed by atoms with van der Waals surface area (Å²) in [5.41, 5.74) is 2.21. The molecule has 16 heavy (non-hydrogen) atoms. The third-order valence-corrected chi connectivity index (χ3v) is 8.99. The minimum Gasteiger partial charge on any atom is -0.165 e. The lowest BCUT2D eigenvalue weighted by Crippen LogP contribution is -2.42. The van der Waals surface area contributed by atoms with Gasteiger partial charge in [-0.3, -0.25) is 0 Å². The van der Waals surface area contributed by atoms with Crippen molar-refractivity contribution < 1.29 is 0 Å². The number of hydrogen-bond acceptors (Lipinski definition) is 0. The van der Waals surface area contributed by atoms with E-state index < -0.39 is 11.9 Å². The van der Waals surface area contributed by atoms with Gasteiger partial charge in [-0.2, -0.15) is 11.1 Å². The quantitative estimate of drug-likeness (QED) is 0.404. The van der Waals surface area contributed by atoms with Crippen LogP contribution < -0.4 is 0 Å². The summed E-state index contributed by atoms with van der Waals surface area (Å²) in [5.74, 6) is 0.531. The summed E-state index contributed by atoms with van der Waals surface area (Å²) in [6.45, 7) is 6.25. The highest BCUT2D eigenvalue weighted by Crippen LogP contribution is 2.43. The first-order chi connectivity index (χ1) is 7.35. The van der Waals surface area contributed by atoms with Crippen LogP contribution in [0.3, 0.4) is 0 Å². The topological polar surface area (TPSA) is 0 Å². The second-order valence-electron chi connectivity index (χ2n) is 4.46. The Morgan fingerprint density at radius 3 is 2.00 bits per heavy atom. The van der Waals surface area contributed by atoms with E-state index in [1.807, 2.05) is 24.3 Å². The molecule has 0 aliphatic rings.